The van der Waals surface area contributed by atoms with Crippen LogP contribution >= 0.6 is 45.2 Å². The van der Waals surface area contributed by atoms with Gasteiger partial charge in [-0.3, -0.25) is 0 Å². The fraction of sp³-hybridized carbons (Fsp3) is 0.250. The van der Waals surface area contributed by atoms with Gasteiger partial charge in [0.05, 0.1) is 11.1 Å². The Bertz CT molecular complexity index is 383. The van der Waals surface area contributed by atoms with Gasteiger partial charge in [-0.25, -0.2) is 0 Å². The largest absolute Gasteiger partial charge is 0.418 e. The van der Waals surface area contributed by atoms with Gasteiger partial charge in [0.15, 0.2) is 0 Å². The zero-order valence-electron chi connectivity index (χ0n) is 7.18. The average Bonchev–Trinajstić information content (AvgIpc) is 1.97. The smallest absolute Gasteiger partial charge is 0.166 e. The quantitative estimate of drug-likeness (QED) is 0.376. The molecule has 0 nitrogen and oxygen atoms in total. The van der Waals surface area contributed by atoms with E-state index in [1.165, 1.54) is 45.2 Å². The van der Waals surface area contributed by atoms with Crippen LogP contribution in [-0.2, 0) is 12.4 Å². The summed E-state index contributed by atoms with van der Waals surface area (Å²) >= 11 is 2.50. The first kappa shape index (κ1) is 14.3. The van der Waals surface area contributed by atoms with E-state index in [1.807, 2.05) is 0 Å². The highest BCUT2D eigenvalue weighted by molar-refractivity contribution is 14.1. The van der Waals surface area contributed by atoms with Gasteiger partial charge in [-0.05, 0) is 57.3 Å². The van der Waals surface area contributed by atoms with Gasteiger partial charge in [0.2, 0.25) is 0 Å². The molecule has 0 atom stereocenters. The third-order valence-corrected chi connectivity index (χ3v) is 3.35. The molecule has 16 heavy (non-hydrogen) atoms. The van der Waals surface area contributed by atoms with E-state index in [2.05, 4.69) is 0 Å². The van der Waals surface area contributed by atoms with Crippen molar-refractivity contribution in [3.8, 4) is 0 Å². The van der Waals surface area contributed by atoms with E-state index in [4.69, 9.17) is 0 Å². The highest BCUT2D eigenvalue weighted by atomic mass is 127. The van der Waals surface area contributed by atoms with Crippen LogP contribution in [-0.4, -0.2) is 0 Å². The fourth-order valence-corrected chi connectivity index (χ4v) is 3.39. The van der Waals surface area contributed by atoms with E-state index in [1.54, 1.807) is 0 Å². The summed E-state index contributed by atoms with van der Waals surface area (Å²) in [6.07, 6.45) is -9.28. The van der Waals surface area contributed by atoms with Gasteiger partial charge in [-0.2, -0.15) is 26.3 Å². The molecule has 0 saturated carbocycles. The summed E-state index contributed by atoms with van der Waals surface area (Å²) in [5.41, 5.74) is -2.10. The van der Waals surface area contributed by atoms with Crippen molar-refractivity contribution in [2.45, 2.75) is 12.4 Å². The van der Waals surface area contributed by atoms with Gasteiger partial charge in [-0.15, -0.1) is 0 Å². The van der Waals surface area contributed by atoms with Crippen molar-refractivity contribution in [3.63, 3.8) is 0 Å². The number of halogens is 8. The zero-order chi connectivity index (χ0) is 12.7. The maximum Gasteiger partial charge on any atom is 0.418 e. The first-order chi connectivity index (χ1) is 7.03. The number of hydrogen-bond donors (Lipinski definition) is 0. The molecule has 0 aliphatic carbocycles. The molecule has 0 amide bonds. The summed E-state index contributed by atoms with van der Waals surface area (Å²) in [6, 6.07) is 0.983. The summed E-state index contributed by atoms with van der Waals surface area (Å²) in [5, 5.41) is 0. The van der Waals surface area contributed by atoms with Gasteiger partial charge < -0.3 is 0 Å². The van der Waals surface area contributed by atoms with Crippen molar-refractivity contribution in [2.75, 3.05) is 0 Å². The van der Waals surface area contributed by atoms with Crippen LogP contribution in [0.25, 0.3) is 0 Å². The minimum absolute atomic E-state index is 0.454. The van der Waals surface area contributed by atoms with Crippen molar-refractivity contribution >= 4 is 45.2 Å². The molecule has 0 unspecified atom stereocenters. The Morgan fingerprint density at radius 3 is 1.38 bits per heavy atom. The van der Waals surface area contributed by atoms with Crippen LogP contribution in [0.1, 0.15) is 11.1 Å². The molecule has 0 spiro atoms. The molecule has 90 valence electrons. The third-order valence-electron chi connectivity index (χ3n) is 1.65. The average molecular weight is 466 g/mol. The van der Waals surface area contributed by atoms with E-state index in [-0.39, 0.29) is 0 Å². The molecule has 0 aliphatic rings. The van der Waals surface area contributed by atoms with E-state index in [0.29, 0.717) is 12.1 Å². The van der Waals surface area contributed by atoms with Crippen LogP contribution in [0.2, 0.25) is 0 Å². The van der Waals surface area contributed by atoms with E-state index in [9.17, 15) is 26.3 Å². The molecule has 0 bridgehead atoms. The highest BCUT2D eigenvalue weighted by Crippen LogP contribution is 2.39. The Morgan fingerprint density at radius 1 is 0.750 bits per heavy atom. The Labute approximate surface area is 114 Å². The Morgan fingerprint density at radius 2 is 1.12 bits per heavy atom. The topological polar surface area (TPSA) is 0 Å². The Balaban J connectivity index is 3.41. The van der Waals surface area contributed by atoms with Gasteiger partial charge >= 0.3 is 12.4 Å². The van der Waals surface area contributed by atoms with Crippen LogP contribution in [0.5, 0.6) is 0 Å². The highest BCUT2D eigenvalue weighted by Gasteiger charge is 2.38. The molecule has 0 aromatic heterocycles. The van der Waals surface area contributed by atoms with Crippen molar-refractivity contribution < 1.29 is 26.3 Å². The lowest BCUT2D eigenvalue weighted by Gasteiger charge is -2.14. The number of rotatable bonds is 0. The molecule has 0 aliphatic heterocycles. The first-order valence-electron chi connectivity index (χ1n) is 3.67. The van der Waals surface area contributed by atoms with Crippen LogP contribution < -0.4 is 0 Å². The molecule has 1 aromatic rings. The SMILES string of the molecule is FC(F)(F)c1cc(I)c(C(F)(F)F)c(I)c1. The van der Waals surface area contributed by atoms with E-state index < -0.39 is 30.6 Å². The molecule has 0 fully saturated rings. The molecular formula is C8H2F6I2. The molecule has 0 radical (unpaired) electrons. The normalized spacial score (nSPS) is 13.0. The molecular weight excluding hydrogens is 464 g/mol. The molecule has 1 rings (SSSR count). The minimum Gasteiger partial charge on any atom is -0.166 e. The number of alkyl halides is 6. The van der Waals surface area contributed by atoms with Gasteiger partial charge in [-0.1, -0.05) is 0 Å². The van der Waals surface area contributed by atoms with E-state index >= 15 is 0 Å². The summed E-state index contributed by atoms with van der Waals surface area (Å²) in [6.45, 7) is 0. The second-order valence-corrected chi connectivity index (χ2v) is 5.13. The standard InChI is InChI=1S/C8H2F6I2/c9-7(10,11)3-1-4(15)6(5(16)2-3)8(12,13)14/h1-2H. The zero-order valence-corrected chi connectivity index (χ0v) is 11.5. The van der Waals surface area contributed by atoms with Crippen molar-refractivity contribution in [1.29, 1.82) is 0 Å². The molecule has 0 saturated heterocycles. The number of benzene rings is 1. The van der Waals surface area contributed by atoms with Gasteiger partial charge in [0, 0.05) is 7.14 Å². The van der Waals surface area contributed by atoms with Gasteiger partial charge in [0.1, 0.15) is 0 Å². The molecule has 0 N–H and O–H groups in total. The summed E-state index contributed by atoms with van der Waals surface area (Å²) in [5.74, 6) is 0. The lowest BCUT2D eigenvalue weighted by Crippen LogP contribution is -2.13. The first-order valence-corrected chi connectivity index (χ1v) is 5.82. The van der Waals surface area contributed by atoms with Crippen molar-refractivity contribution in [2.24, 2.45) is 0 Å². The lowest BCUT2D eigenvalue weighted by molar-refractivity contribution is -0.142. The maximum absolute atomic E-state index is 12.4. The van der Waals surface area contributed by atoms with Crippen LogP contribution in [0, 0.1) is 7.14 Å². The van der Waals surface area contributed by atoms with Gasteiger partial charge in [0.25, 0.3) is 0 Å². The Kier molecular flexibility index (Phi) is 4.03. The predicted octanol–water partition coefficient (Wildman–Crippen LogP) is 4.93. The van der Waals surface area contributed by atoms with Crippen LogP contribution in [0.3, 0.4) is 0 Å². The van der Waals surface area contributed by atoms with Crippen molar-refractivity contribution in [3.05, 3.63) is 30.4 Å². The van der Waals surface area contributed by atoms with E-state index in [0.717, 1.165) is 0 Å². The Hall–Kier alpha value is 0.260. The molecule has 8 heteroatoms. The fourth-order valence-electron chi connectivity index (χ4n) is 1.01. The summed E-state index contributed by atoms with van der Waals surface area (Å²) in [4.78, 5) is 0. The number of hydrogen-bond acceptors (Lipinski definition) is 0. The minimum atomic E-state index is -4.64. The molecule has 0 heterocycles. The maximum atomic E-state index is 12.4. The second-order valence-electron chi connectivity index (χ2n) is 2.81. The van der Waals surface area contributed by atoms with Crippen LogP contribution in [0.4, 0.5) is 26.3 Å². The molecule has 1 aromatic carbocycles. The third kappa shape index (κ3) is 3.14. The van der Waals surface area contributed by atoms with Crippen molar-refractivity contribution in [1.82, 2.24) is 0 Å². The monoisotopic (exact) mass is 466 g/mol. The second kappa shape index (κ2) is 4.50. The lowest BCUT2D eigenvalue weighted by atomic mass is 10.1. The summed E-state index contributed by atoms with van der Waals surface area (Å²) < 4.78 is 73.3. The van der Waals surface area contributed by atoms with Crippen LogP contribution in [0.15, 0.2) is 12.1 Å². The summed E-state index contributed by atoms with van der Waals surface area (Å²) in [7, 11) is 0. The predicted molar refractivity (Wildman–Crippen MR) is 61.9 cm³/mol.